The molecule has 0 fully saturated rings. The number of carbonyl (C=O) groups is 2. The maximum absolute atomic E-state index is 12.6. The number of phosphoric acid groups is 1. The molecule has 0 saturated heterocycles. The van der Waals surface area contributed by atoms with Gasteiger partial charge in [0, 0.05) is 19.4 Å². The summed E-state index contributed by atoms with van der Waals surface area (Å²) in [6.07, 6.45) is 40.9. The summed E-state index contributed by atoms with van der Waals surface area (Å²) in [6.45, 7) is 5.25. The molecule has 0 bridgehead atoms. The number of rotatable bonds is 42. The highest BCUT2D eigenvalue weighted by molar-refractivity contribution is 7.47. The van der Waals surface area contributed by atoms with Crippen LogP contribution in [0.1, 0.15) is 206 Å². The minimum absolute atomic E-state index is 0.0539. The molecule has 0 saturated carbocycles. The number of phosphoric ester groups is 1. The van der Waals surface area contributed by atoms with Gasteiger partial charge in [-0.25, -0.2) is 4.57 Å². The molecule has 10 heteroatoms. The molecule has 0 aliphatic rings. The van der Waals surface area contributed by atoms with Gasteiger partial charge in [-0.2, -0.15) is 0 Å². The summed E-state index contributed by atoms with van der Waals surface area (Å²) in [7, 11) is -4.37. The number of ether oxygens (including phenoxy) is 2. The molecule has 53 heavy (non-hydrogen) atoms. The number of allylic oxidation sites excluding steroid dienone is 3. The van der Waals surface area contributed by atoms with Crippen molar-refractivity contribution in [3.63, 3.8) is 0 Å². The molecule has 0 heterocycles. The Kier molecular flexibility index (Phi) is 39.0. The van der Waals surface area contributed by atoms with Crippen LogP contribution in [0.15, 0.2) is 24.8 Å². The largest absolute Gasteiger partial charge is 0.472 e. The fourth-order valence-electron chi connectivity index (χ4n) is 6.20. The van der Waals surface area contributed by atoms with E-state index in [1.54, 1.807) is 0 Å². The molecule has 0 radical (unpaired) electrons. The number of hydrogen-bond donors (Lipinski definition) is 2. The van der Waals surface area contributed by atoms with Gasteiger partial charge in [0.05, 0.1) is 13.2 Å². The van der Waals surface area contributed by atoms with E-state index in [0.717, 1.165) is 44.9 Å². The third-order valence-electron chi connectivity index (χ3n) is 9.46. The Morgan fingerprint density at radius 1 is 0.604 bits per heavy atom. The molecular weight excluding hydrogens is 689 g/mol. The van der Waals surface area contributed by atoms with Crippen LogP contribution in [0.25, 0.3) is 0 Å². The van der Waals surface area contributed by atoms with Crippen LogP contribution in [-0.4, -0.2) is 49.3 Å². The lowest BCUT2D eigenvalue weighted by Gasteiger charge is -2.19. The van der Waals surface area contributed by atoms with E-state index in [1.807, 2.05) is 6.08 Å². The second-order valence-corrected chi connectivity index (χ2v) is 16.1. The Labute approximate surface area is 325 Å². The average Bonchev–Trinajstić information content (AvgIpc) is 3.14. The molecule has 0 rings (SSSR count). The number of unbranched alkanes of at least 4 members (excludes halogenated alkanes) is 26. The normalized spacial score (nSPS) is 13.3. The van der Waals surface area contributed by atoms with Crippen LogP contribution in [0.3, 0.4) is 0 Å². The monoisotopic (exact) mass is 772 g/mol. The third-order valence-corrected chi connectivity index (χ3v) is 10.4. The zero-order valence-corrected chi connectivity index (χ0v) is 35.0. The first kappa shape index (κ1) is 51.5. The fraction of sp³-hybridized carbons (Fsp3) is 0.860. The second-order valence-electron chi connectivity index (χ2n) is 14.6. The quantitative estimate of drug-likeness (QED) is 0.0269. The van der Waals surface area contributed by atoms with E-state index in [2.05, 4.69) is 25.7 Å². The minimum Gasteiger partial charge on any atom is -0.462 e. The first-order valence-electron chi connectivity index (χ1n) is 21.8. The van der Waals surface area contributed by atoms with Crippen molar-refractivity contribution in [2.45, 2.75) is 212 Å². The molecule has 0 amide bonds. The predicted molar refractivity (Wildman–Crippen MR) is 220 cm³/mol. The van der Waals surface area contributed by atoms with Crippen LogP contribution in [0, 0.1) is 0 Å². The van der Waals surface area contributed by atoms with Gasteiger partial charge < -0.3 is 20.1 Å². The van der Waals surface area contributed by atoms with Gasteiger partial charge in [0.15, 0.2) is 6.10 Å². The molecule has 0 aromatic rings. The summed E-state index contributed by atoms with van der Waals surface area (Å²) in [5.41, 5.74) is 5.35. The van der Waals surface area contributed by atoms with E-state index in [4.69, 9.17) is 24.3 Å². The van der Waals surface area contributed by atoms with Gasteiger partial charge in [-0.3, -0.25) is 18.6 Å². The van der Waals surface area contributed by atoms with Crippen LogP contribution in [-0.2, 0) is 32.7 Å². The lowest BCUT2D eigenvalue weighted by atomic mass is 10.0. The van der Waals surface area contributed by atoms with Crippen LogP contribution in [0.5, 0.6) is 0 Å². The topological polar surface area (TPSA) is 134 Å². The van der Waals surface area contributed by atoms with Crippen molar-refractivity contribution in [3.05, 3.63) is 24.8 Å². The van der Waals surface area contributed by atoms with Gasteiger partial charge in [-0.1, -0.05) is 160 Å². The Hall–Kier alpha value is -1.51. The van der Waals surface area contributed by atoms with Crippen molar-refractivity contribution >= 4 is 19.8 Å². The van der Waals surface area contributed by atoms with Crippen molar-refractivity contribution in [3.8, 4) is 0 Å². The molecule has 0 aliphatic heterocycles. The van der Waals surface area contributed by atoms with Crippen molar-refractivity contribution in [1.29, 1.82) is 0 Å². The van der Waals surface area contributed by atoms with Gasteiger partial charge in [-0.15, -0.1) is 6.58 Å². The lowest BCUT2D eigenvalue weighted by molar-refractivity contribution is -0.161. The molecule has 3 N–H and O–H groups in total. The summed E-state index contributed by atoms with van der Waals surface area (Å²) in [5, 5.41) is 0. The highest BCUT2D eigenvalue weighted by Crippen LogP contribution is 2.43. The van der Waals surface area contributed by atoms with E-state index >= 15 is 0 Å². The highest BCUT2D eigenvalue weighted by atomic mass is 31.2. The summed E-state index contributed by atoms with van der Waals surface area (Å²) < 4.78 is 32.8. The highest BCUT2D eigenvalue weighted by Gasteiger charge is 2.26. The molecule has 0 aliphatic carbocycles. The number of esters is 2. The van der Waals surface area contributed by atoms with Gasteiger partial charge >= 0.3 is 19.8 Å². The minimum atomic E-state index is -4.37. The second kappa shape index (κ2) is 40.2. The SMILES string of the molecule is C=CCCCCCCCCCCCCCCCC(=O)O[C@H](COC(=O)CCCCCCCCCCC/C=C/CCCCCC)COP(=O)(O)OCCN. The van der Waals surface area contributed by atoms with Crippen molar-refractivity contribution < 1.29 is 37.6 Å². The van der Waals surface area contributed by atoms with Crippen LogP contribution in [0.2, 0.25) is 0 Å². The Balaban J connectivity index is 4.11. The number of carbonyl (C=O) groups excluding carboxylic acids is 2. The first-order chi connectivity index (χ1) is 25.8. The fourth-order valence-corrected chi connectivity index (χ4v) is 6.96. The van der Waals surface area contributed by atoms with Crippen molar-refractivity contribution in [2.75, 3.05) is 26.4 Å². The van der Waals surface area contributed by atoms with Crippen molar-refractivity contribution in [1.82, 2.24) is 0 Å². The Morgan fingerprint density at radius 2 is 1.02 bits per heavy atom. The van der Waals surface area contributed by atoms with Crippen LogP contribution < -0.4 is 5.73 Å². The van der Waals surface area contributed by atoms with E-state index in [9.17, 15) is 19.0 Å². The predicted octanol–water partition coefficient (Wildman–Crippen LogP) is 12.4. The van der Waals surface area contributed by atoms with Gasteiger partial charge in [-0.05, 0) is 51.4 Å². The van der Waals surface area contributed by atoms with Gasteiger partial charge in [0.25, 0.3) is 0 Å². The van der Waals surface area contributed by atoms with E-state index in [-0.39, 0.29) is 38.6 Å². The molecule has 0 spiro atoms. The molecule has 1 unspecified atom stereocenters. The average molecular weight is 772 g/mol. The van der Waals surface area contributed by atoms with E-state index in [0.29, 0.717) is 6.42 Å². The smallest absolute Gasteiger partial charge is 0.462 e. The third kappa shape index (κ3) is 40.0. The zero-order chi connectivity index (χ0) is 38.9. The summed E-state index contributed by atoms with van der Waals surface area (Å²) >= 11 is 0. The Bertz CT molecular complexity index is 915. The molecule has 0 aromatic heterocycles. The first-order valence-corrected chi connectivity index (χ1v) is 23.3. The molecular formula is C43H82NO8P. The van der Waals surface area contributed by atoms with E-state index in [1.165, 1.54) is 135 Å². The molecule has 2 atom stereocenters. The molecule has 0 aromatic carbocycles. The van der Waals surface area contributed by atoms with E-state index < -0.39 is 26.5 Å². The van der Waals surface area contributed by atoms with Crippen molar-refractivity contribution in [2.24, 2.45) is 5.73 Å². The summed E-state index contributed by atoms with van der Waals surface area (Å²) in [5.74, 6) is -0.827. The van der Waals surface area contributed by atoms with Crippen LogP contribution in [0.4, 0.5) is 0 Å². The maximum atomic E-state index is 12.6. The summed E-state index contributed by atoms with van der Waals surface area (Å²) in [6, 6.07) is 0. The lowest BCUT2D eigenvalue weighted by Crippen LogP contribution is -2.29. The Morgan fingerprint density at radius 3 is 1.47 bits per heavy atom. The number of hydrogen-bond acceptors (Lipinski definition) is 8. The van der Waals surface area contributed by atoms with Crippen LogP contribution >= 0.6 is 7.82 Å². The molecule has 9 nitrogen and oxygen atoms in total. The molecule has 312 valence electrons. The van der Waals surface area contributed by atoms with Gasteiger partial charge in [0.1, 0.15) is 6.61 Å². The number of nitrogens with two attached hydrogens (primary N) is 1. The standard InChI is InChI=1S/C43H82NO8P/c1-3-5-7-9-11-13-15-17-19-20-22-23-25-27-29-31-33-35-42(45)49-39-41(40-51-53(47,48)50-38-37-44)52-43(46)36-34-32-30-28-26-24-21-18-16-14-12-10-8-6-4-2/h4,13,15,41H,2-3,5-12,14,16-40,44H2,1H3,(H,47,48)/b15-13+/t41-/m1/s1. The summed E-state index contributed by atoms with van der Waals surface area (Å²) in [4.78, 5) is 34.9. The zero-order valence-electron chi connectivity index (χ0n) is 34.1. The van der Waals surface area contributed by atoms with Gasteiger partial charge in [0.2, 0.25) is 0 Å². The maximum Gasteiger partial charge on any atom is 0.472 e.